The van der Waals surface area contributed by atoms with E-state index in [1.54, 1.807) is 30.5 Å². The first kappa shape index (κ1) is 18.8. The van der Waals surface area contributed by atoms with Crippen LogP contribution >= 0.6 is 11.3 Å². The van der Waals surface area contributed by atoms with E-state index in [9.17, 15) is 9.59 Å². The van der Waals surface area contributed by atoms with Crippen LogP contribution in [-0.4, -0.2) is 27.0 Å². The van der Waals surface area contributed by atoms with Gasteiger partial charge in [-0.25, -0.2) is 0 Å². The summed E-state index contributed by atoms with van der Waals surface area (Å²) in [6.07, 6.45) is 1.55. The van der Waals surface area contributed by atoms with E-state index in [0.717, 1.165) is 5.56 Å². The molecule has 3 N–H and O–H groups in total. The van der Waals surface area contributed by atoms with E-state index in [1.165, 1.54) is 11.3 Å². The second-order valence-electron chi connectivity index (χ2n) is 7.04. The van der Waals surface area contributed by atoms with Crippen LogP contribution in [0.5, 0.6) is 0 Å². The van der Waals surface area contributed by atoms with Gasteiger partial charge in [-0.15, -0.1) is 11.3 Å². The van der Waals surface area contributed by atoms with Gasteiger partial charge in [-0.2, -0.15) is 5.10 Å². The number of carbonyl (C=O) groups is 2. The maximum absolute atomic E-state index is 12.8. The third-order valence-corrected chi connectivity index (χ3v) is 5.56. The number of aromatic amines is 1. The third kappa shape index (κ3) is 3.88. The van der Waals surface area contributed by atoms with Crippen LogP contribution in [0.15, 0.2) is 60.8 Å². The highest BCUT2D eigenvalue weighted by Gasteiger charge is 2.25. The lowest BCUT2D eigenvalue weighted by atomic mass is 9.94. The number of aromatic nitrogens is 3. The number of fused-ring (bicyclic) bond motifs is 1. The molecule has 0 saturated carbocycles. The molecule has 4 aromatic rings. The lowest BCUT2D eigenvalue weighted by Crippen LogP contribution is -2.40. The predicted octanol–water partition coefficient (Wildman–Crippen LogP) is 3.94. The fraction of sp³-hybridized carbons (Fsp3) is 0.143. The number of nitrogens with one attached hydrogen (secondary N) is 3. The van der Waals surface area contributed by atoms with Gasteiger partial charge in [0.05, 0.1) is 15.8 Å². The minimum atomic E-state index is -0.526. The minimum Gasteiger partial charge on any atom is -0.342 e. The number of rotatable bonds is 5. The van der Waals surface area contributed by atoms with Gasteiger partial charge in [0, 0.05) is 6.20 Å². The summed E-state index contributed by atoms with van der Waals surface area (Å²) < 4.78 is 0. The van der Waals surface area contributed by atoms with Crippen molar-refractivity contribution in [3.63, 3.8) is 0 Å². The summed E-state index contributed by atoms with van der Waals surface area (Å²) in [6, 6.07) is 16.6. The lowest BCUT2D eigenvalue weighted by molar-refractivity contribution is 0.0915. The van der Waals surface area contributed by atoms with Crippen molar-refractivity contribution in [3.8, 4) is 0 Å². The summed E-state index contributed by atoms with van der Waals surface area (Å²) >= 11 is 1.26. The molecule has 146 valence electrons. The number of hydrogen-bond donors (Lipinski definition) is 3. The Labute approximate surface area is 171 Å². The molecular weight excluding hydrogens is 386 g/mol. The van der Waals surface area contributed by atoms with E-state index >= 15 is 0 Å². The molecule has 0 spiro atoms. The summed E-state index contributed by atoms with van der Waals surface area (Å²) in [5.74, 6) is -0.101. The number of nitrogens with zero attached hydrogens (tertiary/aromatic N) is 2. The van der Waals surface area contributed by atoms with E-state index in [2.05, 4.69) is 25.8 Å². The summed E-state index contributed by atoms with van der Waals surface area (Å²) in [6.45, 7) is 3.91. The predicted molar refractivity (Wildman–Crippen MR) is 113 cm³/mol. The normalized spacial score (nSPS) is 11.4. The number of H-pyrrole nitrogens is 1. The van der Waals surface area contributed by atoms with Crippen LogP contribution in [0.3, 0.4) is 0 Å². The molecule has 7 nitrogen and oxygen atoms in total. The smallest absolute Gasteiger partial charge is 0.275 e. The zero-order valence-electron chi connectivity index (χ0n) is 15.9. The van der Waals surface area contributed by atoms with Gasteiger partial charge < -0.3 is 10.6 Å². The number of anilines is 1. The molecule has 8 heteroatoms. The first-order chi connectivity index (χ1) is 13.9. The third-order valence-electron chi connectivity index (χ3n) is 4.53. The Hall–Kier alpha value is -3.52. The topological polar surface area (TPSA) is 99.8 Å². The average Bonchev–Trinajstić information content (AvgIpc) is 3.31. The zero-order valence-corrected chi connectivity index (χ0v) is 16.7. The molecule has 0 fully saturated rings. The lowest BCUT2D eigenvalue weighted by Gasteiger charge is -2.26. The van der Waals surface area contributed by atoms with Gasteiger partial charge in [-0.05, 0) is 37.6 Å². The van der Waals surface area contributed by atoms with Crippen molar-refractivity contribution in [3.05, 3.63) is 76.9 Å². The molecule has 0 unspecified atom stereocenters. The Kier molecular flexibility index (Phi) is 4.85. The maximum Gasteiger partial charge on any atom is 0.275 e. The van der Waals surface area contributed by atoms with Gasteiger partial charge >= 0.3 is 0 Å². The molecule has 0 aliphatic carbocycles. The maximum atomic E-state index is 12.8. The summed E-state index contributed by atoms with van der Waals surface area (Å²) in [5.41, 5.74) is 0.786. The van der Waals surface area contributed by atoms with E-state index in [-0.39, 0.29) is 11.8 Å². The van der Waals surface area contributed by atoms with E-state index in [1.807, 2.05) is 44.2 Å². The Bertz CT molecular complexity index is 1170. The molecule has 0 aliphatic heterocycles. The average molecular weight is 405 g/mol. The van der Waals surface area contributed by atoms with Crippen molar-refractivity contribution in [2.75, 3.05) is 5.32 Å². The van der Waals surface area contributed by atoms with Gasteiger partial charge in [-0.3, -0.25) is 19.7 Å². The molecule has 3 heterocycles. The molecule has 1 aromatic carbocycles. The highest BCUT2D eigenvalue weighted by Crippen LogP contribution is 2.30. The van der Waals surface area contributed by atoms with E-state index in [4.69, 9.17) is 0 Å². The summed E-state index contributed by atoms with van der Waals surface area (Å²) in [5, 5.41) is 13.5. The highest BCUT2D eigenvalue weighted by molar-refractivity contribution is 7.20. The second kappa shape index (κ2) is 7.48. The first-order valence-electron chi connectivity index (χ1n) is 9.02. The van der Waals surface area contributed by atoms with Crippen molar-refractivity contribution in [2.45, 2.75) is 19.4 Å². The highest BCUT2D eigenvalue weighted by atomic mass is 32.1. The summed E-state index contributed by atoms with van der Waals surface area (Å²) in [7, 11) is 0. The molecule has 0 radical (unpaired) electrons. The van der Waals surface area contributed by atoms with Gasteiger partial charge in [-0.1, -0.05) is 36.4 Å². The Morgan fingerprint density at radius 3 is 2.52 bits per heavy atom. The summed E-state index contributed by atoms with van der Waals surface area (Å²) in [4.78, 5) is 30.4. The van der Waals surface area contributed by atoms with Gasteiger partial charge in [0.25, 0.3) is 11.8 Å². The molecule has 4 rings (SSSR count). The van der Waals surface area contributed by atoms with Crippen molar-refractivity contribution in [1.29, 1.82) is 0 Å². The zero-order chi connectivity index (χ0) is 20.4. The molecule has 3 aromatic heterocycles. The number of pyridine rings is 1. The number of thiophene rings is 1. The quantitative estimate of drug-likeness (QED) is 0.468. The van der Waals surface area contributed by atoms with Gasteiger partial charge in [0.2, 0.25) is 0 Å². The Morgan fingerprint density at radius 2 is 1.79 bits per heavy atom. The fourth-order valence-electron chi connectivity index (χ4n) is 2.96. The van der Waals surface area contributed by atoms with Crippen LogP contribution in [0.25, 0.3) is 10.2 Å². The minimum absolute atomic E-state index is 0.191. The monoisotopic (exact) mass is 405 g/mol. The van der Waals surface area contributed by atoms with Crippen molar-refractivity contribution >= 4 is 39.2 Å². The largest absolute Gasteiger partial charge is 0.342 e. The first-order valence-corrected chi connectivity index (χ1v) is 9.84. The number of benzene rings is 1. The van der Waals surface area contributed by atoms with Crippen LogP contribution < -0.4 is 10.6 Å². The van der Waals surface area contributed by atoms with Crippen molar-refractivity contribution < 1.29 is 9.59 Å². The van der Waals surface area contributed by atoms with Crippen LogP contribution in [0.1, 0.15) is 39.6 Å². The van der Waals surface area contributed by atoms with Crippen LogP contribution in [0, 0.1) is 0 Å². The van der Waals surface area contributed by atoms with Crippen LogP contribution in [-0.2, 0) is 5.54 Å². The number of amides is 2. The Balaban J connectivity index is 1.54. The number of hydrogen-bond acceptors (Lipinski definition) is 5. The molecule has 0 saturated heterocycles. The van der Waals surface area contributed by atoms with Crippen LogP contribution in [0.2, 0.25) is 0 Å². The molecule has 0 aliphatic rings. The molecule has 2 amide bonds. The van der Waals surface area contributed by atoms with Crippen molar-refractivity contribution in [1.82, 2.24) is 20.5 Å². The van der Waals surface area contributed by atoms with E-state index in [0.29, 0.717) is 26.6 Å². The molecule has 29 heavy (non-hydrogen) atoms. The fourth-order valence-corrected chi connectivity index (χ4v) is 3.86. The number of carbonyl (C=O) groups excluding carboxylic acids is 2. The second-order valence-corrected chi connectivity index (χ2v) is 8.07. The van der Waals surface area contributed by atoms with E-state index < -0.39 is 5.54 Å². The standard InChI is InChI=1S/C21H19N5O2S/c1-21(2,13-8-4-3-5-9-13)24-19(28)16-12-14-17(25-26-20(14)29-16)23-18(27)15-10-6-7-11-22-15/h3-12H,1-2H3,(H,24,28)(H2,23,25,26,27). The van der Waals surface area contributed by atoms with Crippen LogP contribution in [0.4, 0.5) is 5.82 Å². The molecule has 0 atom stereocenters. The SMILES string of the molecule is CC(C)(NC(=O)c1cc2c(NC(=O)c3ccccn3)[nH]nc2s1)c1ccccc1. The molecule has 0 bridgehead atoms. The van der Waals surface area contributed by atoms with Gasteiger partial charge in [0.1, 0.15) is 16.3 Å². The molecular formula is C21H19N5O2S. The van der Waals surface area contributed by atoms with Crippen molar-refractivity contribution in [2.24, 2.45) is 0 Å². The Morgan fingerprint density at radius 1 is 1.03 bits per heavy atom. The van der Waals surface area contributed by atoms with Gasteiger partial charge in [0.15, 0.2) is 0 Å².